The van der Waals surface area contributed by atoms with Crippen LogP contribution in [0.2, 0.25) is 0 Å². The molecule has 1 saturated carbocycles. The molecule has 9 nitrogen and oxygen atoms in total. The molecule has 4 rings (SSSR count). The number of alkyl halides is 3. The van der Waals surface area contributed by atoms with E-state index in [1.165, 1.54) is 32.1 Å². The second kappa shape index (κ2) is 14.4. The van der Waals surface area contributed by atoms with Crippen molar-refractivity contribution >= 4 is 28.7 Å². The van der Waals surface area contributed by atoms with Crippen molar-refractivity contribution in [2.24, 2.45) is 0 Å². The minimum absolute atomic E-state index is 0.627. The molecule has 0 atom stereocenters. The standard InChI is InChI=1S/C26H34N6O.C2HF3O2/c1-3-33-22-12-10-21(11-13-22)31-26-19(2)25(23(18-27)24-14-17-30-32(24)26)29-16-7-15-28-20-8-5-4-6-9-20;3-2(4,5)1(6)7/h10-14,17,20,28-29,31H,3-9,15-16H2,1-2H3;(H,6,7). The van der Waals surface area contributed by atoms with Crippen LogP contribution in [-0.2, 0) is 4.79 Å². The summed E-state index contributed by atoms with van der Waals surface area (Å²) in [6.07, 6.45) is 4.31. The Morgan fingerprint density at radius 1 is 1.18 bits per heavy atom. The van der Waals surface area contributed by atoms with Gasteiger partial charge in [-0.25, -0.2) is 9.31 Å². The first-order chi connectivity index (χ1) is 19.2. The predicted octanol–water partition coefficient (Wildman–Crippen LogP) is 6.01. The average molecular weight is 561 g/mol. The van der Waals surface area contributed by atoms with E-state index < -0.39 is 12.1 Å². The fourth-order valence-corrected chi connectivity index (χ4v) is 4.60. The number of hydrogen-bond acceptors (Lipinski definition) is 7. The van der Waals surface area contributed by atoms with Crippen LogP contribution in [-0.4, -0.2) is 52.6 Å². The Hall–Kier alpha value is -3.98. The maximum Gasteiger partial charge on any atom is 0.490 e. The Bertz CT molecular complexity index is 1300. The third kappa shape index (κ3) is 8.26. The number of pyridine rings is 1. The lowest BCUT2D eigenvalue weighted by molar-refractivity contribution is -0.192. The third-order valence-electron chi connectivity index (χ3n) is 6.57. The molecule has 0 amide bonds. The van der Waals surface area contributed by atoms with Gasteiger partial charge in [0.2, 0.25) is 0 Å². The lowest BCUT2D eigenvalue weighted by Gasteiger charge is -2.23. The maximum atomic E-state index is 10.6. The van der Waals surface area contributed by atoms with Gasteiger partial charge in [-0.2, -0.15) is 23.5 Å². The highest BCUT2D eigenvalue weighted by atomic mass is 19.4. The minimum Gasteiger partial charge on any atom is -0.494 e. The van der Waals surface area contributed by atoms with Gasteiger partial charge in [0.05, 0.1) is 24.0 Å². The van der Waals surface area contributed by atoms with Crippen molar-refractivity contribution in [2.75, 3.05) is 30.3 Å². The van der Waals surface area contributed by atoms with Gasteiger partial charge in [0.25, 0.3) is 0 Å². The Kier molecular flexibility index (Phi) is 11.0. The van der Waals surface area contributed by atoms with Crippen LogP contribution in [0.15, 0.2) is 36.5 Å². The predicted molar refractivity (Wildman–Crippen MR) is 147 cm³/mol. The number of carboxylic acids is 1. The van der Waals surface area contributed by atoms with E-state index >= 15 is 0 Å². The van der Waals surface area contributed by atoms with E-state index in [1.54, 1.807) is 10.7 Å². The molecule has 0 aliphatic heterocycles. The zero-order valence-electron chi connectivity index (χ0n) is 22.6. The number of anilines is 3. The van der Waals surface area contributed by atoms with Crippen molar-refractivity contribution in [3.8, 4) is 11.8 Å². The molecule has 0 bridgehead atoms. The molecule has 4 N–H and O–H groups in total. The van der Waals surface area contributed by atoms with E-state index in [-0.39, 0.29) is 0 Å². The van der Waals surface area contributed by atoms with E-state index in [4.69, 9.17) is 14.6 Å². The topological polar surface area (TPSA) is 124 Å². The fourth-order valence-electron chi connectivity index (χ4n) is 4.60. The van der Waals surface area contributed by atoms with Crippen molar-refractivity contribution in [1.82, 2.24) is 14.9 Å². The smallest absolute Gasteiger partial charge is 0.490 e. The van der Waals surface area contributed by atoms with Gasteiger partial charge in [-0.05, 0) is 70.0 Å². The monoisotopic (exact) mass is 560 g/mol. The number of benzene rings is 1. The summed E-state index contributed by atoms with van der Waals surface area (Å²) in [6.45, 7) is 6.44. The van der Waals surface area contributed by atoms with Gasteiger partial charge in [0, 0.05) is 23.8 Å². The van der Waals surface area contributed by atoms with Crippen LogP contribution >= 0.6 is 0 Å². The number of nitriles is 1. The second-order valence-electron chi connectivity index (χ2n) is 9.42. The van der Waals surface area contributed by atoms with Crippen molar-refractivity contribution in [2.45, 2.75) is 64.6 Å². The van der Waals surface area contributed by atoms with Crippen LogP contribution in [0.5, 0.6) is 5.75 Å². The van der Waals surface area contributed by atoms with E-state index in [2.05, 4.69) is 27.1 Å². The average Bonchev–Trinajstić information content (AvgIpc) is 3.42. The van der Waals surface area contributed by atoms with Gasteiger partial charge in [-0.15, -0.1) is 0 Å². The molecule has 0 spiro atoms. The lowest BCUT2D eigenvalue weighted by atomic mass is 9.95. The van der Waals surface area contributed by atoms with E-state index in [0.717, 1.165) is 53.5 Å². The number of fused-ring (bicyclic) bond motifs is 1. The molecule has 0 unspecified atom stereocenters. The van der Waals surface area contributed by atoms with Gasteiger partial charge in [-0.1, -0.05) is 19.3 Å². The first kappa shape index (κ1) is 30.6. The second-order valence-corrected chi connectivity index (χ2v) is 9.42. The highest BCUT2D eigenvalue weighted by Gasteiger charge is 2.38. The van der Waals surface area contributed by atoms with Gasteiger partial charge in [-0.3, -0.25) is 0 Å². The zero-order chi connectivity index (χ0) is 29.1. The molecule has 1 aliphatic carbocycles. The molecular formula is C28H35F3N6O3. The number of aromatic nitrogens is 2. The van der Waals surface area contributed by atoms with E-state index in [9.17, 15) is 18.4 Å². The molecular weight excluding hydrogens is 525 g/mol. The SMILES string of the molecule is CCOc1ccc(Nc2c(C)c(NCCCNC3CCCCC3)c(C#N)c3ccnn23)cc1.O=C(O)C(F)(F)F. The van der Waals surface area contributed by atoms with Gasteiger partial charge < -0.3 is 25.8 Å². The summed E-state index contributed by atoms with van der Waals surface area (Å²) in [5, 5.41) is 32.2. The Morgan fingerprint density at radius 3 is 2.45 bits per heavy atom. The highest BCUT2D eigenvalue weighted by Crippen LogP contribution is 2.33. The molecule has 2 aromatic heterocycles. The Labute approximate surface area is 231 Å². The van der Waals surface area contributed by atoms with E-state index in [0.29, 0.717) is 18.2 Å². The summed E-state index contributed by atoms with van der Waals surface area (Å²) >= 11 is 0. The van der Waals surface area contributed by atoms with Crippen LogP contribution in [0, 0.1) is 18.3 Å². The molecule has 3 aromatic rings. The largest absolute Gasteiger partial charge is 0.494 e. The number of ether oxygens (including phenoxy) is 1. The molecule has 1 aromatic carbocycles. The lowest BCUT2D eigenvalue weighted by Crippen LogP contribution is -2.32. The Morgan fingerprint density at radius 2 is 1.85 bits per heavy atom. The fraction of sp³-hybridized carbons (Fsp3) is 0.464. The molecule has 1 aliphatic rings. The van der Waals surface area contributed by atoms with Crippen LogP contribution in [0.3, 0.4) is 0 Å². The summed E-state index contributed by atoms with van der Waals surface area (Å²) < 4.78 is 39.1. The number of rotatable bonds is 10. The summed E-state index contributed by atoms with van der Waals surface area (Å²) in [5.41, 5.74) is 4.20. The van der Waals surface area contributed by atoms with Crippen molar-refractivity contribution in [1.29, 1.82) is 5.26 Å². The van der Waals surface area contributed by atoms with Crippen molar-refractivity contribution < 1.29 is 27.8 Å². The van der Waals surface area contributed by atoms with Crippen molar-refractivity contribution in [3.05, 3.63) is 47.7 Å². The van der Waals surface area contributed by atoms with Crippen LogP contribution < -0.4 is 20.7 Å². The highest BCUT2D eigenvalue weighted by molar-refractivity contribution is 5.82. The first-order valence-electron chi connectivity index (χ1n) is 13.3. The van der Waals surface area contributed by atoms with Gasteiger partial charge in [0.1, 0.15) is 23.2 Å². The summed E-state index contributed by atoms with van der Waals surface area (Å²) in [4.78, 5) is 8.90. The van der Waals surface area contributed by atoms with Crippen molar-refractivity contribution in [3.63, 3.8) is 0 Å². The number of halogens is 3. The number of hydrogen-bond donors (Lipinski definition) is 4. The number of aliphatic carboxylic acids is 1. The van der Waals surface area contributed by atoms with Crippen LogP contribution in [0.1, 0.15) is 56.6 Å². The molecule has 1 fully saturated rings. The Balaban J connectivity index is 0.000000559. The van der Waals surface area contributed by atoms with Gasteiger partial charge >= 0.3 is 12.1 Å². The molecule has 2 heterocycles. The molecule has 216 valence electrons. The third-order valence-corrected chi connectivity index (χ3v) is 6.57. The van der Waals surface area contributed by atoms with Crippen LogP contribution in [0.4, 0.5) is 30.4 Å². The maximum absolute atomic E-state index is 10.6. The summed E-state index contributed by atoms with van der Waals surface area (Å²) in [7, 11) is 0. The normalized spacial score (nSPS) is 13.7. The molecule has 0 radical (unpaired) electrons. The number of carboxylic acid groups (broad SMARTS) is 1. The van der Waals surface area contributed by atoms with Gasteiger partial charge in [0.15, 0.2) is 0 Å². The quantitative estimate of drug-likeness (QED) is 0.222. The number of carbonyl (C=O) groups is 1. The molecule has 40 heavy (non-hydrogen) atoms. The summed E-state index contributed by atoms with van der Waals surface area (Å²) in [6, 6.07) is 12.8. The first-order valence-corrected chi connectivity index (χ1v) is 13.3. The van der Waals surface area contributed by atoms with E-state index in [1.807, 2.05) is 44.2 Å². The number of nitrogens with one attached hydrogen (secondary N) is 3. The zero-order valence-corrected chi connectivity index (χ0v) is 22.6. The summed E-state index contributed by atoms with van der Waals surface area (Å²) in [5.74, 6) is -1.07. The van der Waals surface area contributed by atoms with Crippen LogP contribution in [0.25, 0.3) is 5.52 Å². The number of nitrogens with zero attached hydrogens (tertiary/aromatic N) is 3. The molecule has 0 saturated heterocycles. The minimum atomic E-state index is -5.08. The molecule has 12 heteroatoms.